The van der Waals surface area contributed by atoms with E-state index in [9.17, 15) is 4.79 Å². The smallest absolute Gasteiger partial charge is 0.195 e. The highest BCUT2D eigenvalue weighted by Gasteiger charge is 2.20. The van der Waals surface area contributed by atoms with E-state index >= 15 is 0 Å². The second-order valence-electron chi connectivity index (χ2n) is 5.76. The molecule has 0 aliphatic heterocycles. The van der Waals surface area contributed by atoms with Crippen molar-refractivity contribution in [2.24, 2.45) is 0 Å². The van der Waals surface area contributed by atoms with Crippen LogP contribution in [0.3, 0.4) is 0 Å². The van der Waals surface area contributed by atoms with E-state index in [-0.39, 0.29) is 12.4 Å². The number of aromatic nitrogens is 1. The van der Waals surface area contributed by atoms with Crippen molar-refractivity contribution in [3.05, 3.63) is 71.4 Å². The molecule has 1 N–H and O–H groups in total. The average Bonchev–Trinajstić information content (AvgIpc) is 2.87. The van der Waals surface area contributed by atoms with Gasteiger partial charge in [-0.1, -0.05) is 48.5 Å². The fraction of sp³-hybridized carbons (Fsp3) is 0.250. The second-order valence-corrected chi connectivity index (χ2v) is 5.76. The van der Waals surface area contributed by atoms with Crippen molar-refractivity contribution in [3.8, 4) is 0 Å². The van der Waals surface area contributed by atoms with Gasteiger partial charge < -0.3 is 9.67 Å². The van der Waals surface area contributed by atoms with Crippen molar-refractivity contribution in [1.29, 1.82) is 0 Å². The summed E-state index contributed by atoms with van der Waals surface area (Å²) in [6.07, 6.45) is 1.67. The van der Waals surface area contributed by atoms with Gasteiger partial charge >= 0.3 is 0 Å². The number of nitrogens with zero attached hydrogens (tertiary/aromatic N) is 1. The summed E-state index contributed by atoms with van der Waals surface area (Å²) in [5.74, 6) is 0.0696. The zero-order valence-corrected chi connectivity index (χ0v) is 13.3. The molecule has 3 nitrogen and oxygen atoms in total. The lowest BCUT2D eigenvalue weighted by molar-refractivity contribution is 0.103. The quantitative estimate of drug-likeness (QED) is 0.553. The summed E-state index contributed by atoms with van der Waals surface area (Å²) >= 11 is 0. The number of benzene rings is 2. The number of rotatable bonds is 6. The number of unbranched alkanes of at least 4 members (excludes halogenated alkanes) is 1. The molecule has 0 aliphatic carbocycles. The summed E-state index contributed by atoms with van der Waals surface area (Å²) in [5.41, 5.74) is 3.59. The van der Waals surface area contributed by atoms with Crippen LogP contribution in [0.25, 0.3) is 10.9 Å². The molecule has 3 aromatic rings. The number of ketones is 1. The van der Waals surface area contributed by atoms with Gasteiger partial charge in [0.1, 0.15) is 0 Å². The summed E-state index contributed by atoms with van der Waals surface area (Å²) < 4.78 is 2.20. The molecule has 23 heavy (non-hydrogen) atoms. The summed E-state index contributed by atoms with van der Waals surface area (Å²) in [6.45, 7) is 3.03. The van der Waals surface area contributed by atoms with Gasteiger partial charge in [0.15, 0.2) is 5.78 Å². The zero-order chi connectivity index (χ0) is 16.2. The molecule has 1 heterocycles. The maximum absolute atomic E-state index is 13.0. The van der Waals surface area contributed by atoms with E-state index in [4.69, 9.17) is 5.11 Å². The van der Waals surface area contributed by atoms with Crippen LogP contribution < -0.4 is 0 Å². The number of hydrogen-bond donors (Lipinski definition) is 1. The highest BCUT2D eigenvalue weighted by Crippen LogP contribution is 2.28. The van der Waals surface area contributed by atoms with Gasteiger partial charge in [0.25, 0.3) is 0 Å². The number of aliphatic hydroxyl groups excluding tert-OH is 1. The van der Waals surface area contributed by atoms with Gasteiger partial charge in [-0.25, -0.2) is 0 Å². The Morgan fingerprint density at radius 3 is 2.43 bits per heavy atom. The van der Waals surface area contributed by atoms with E-state index in [0.717, 1.165) is 41.5 Å². The summed E-state index contributed by atoms with van der Waals surface area (Å²) in [6, 6.07) is 17.5. The van der Waals surface area contributed by atoms with Crippen LogP contribution in [0, 0.1) is 6.92 Å². The first-order valence-electron chi connectivity index (χ1n) is 8.02. The Bertz CT molecular complexity index is 818. The second kappa shape index (κ2) is 6.80. The summed E-state index contributed by atoms with van der Waals surface area (Å²) in [4.78, 5) is 13.0. The van der Waals surface area contributed by atoms with Gasteiger partial charge in [0.2, 0.25) is 0 Å². The Balaban J connectivity index is 2.10. The standard InChI is InChI=1S/C20H21NO2/c1-15-19(20(23)16-9-3-2-4-10-16)17-11-5-6-12-18(17)21(15)13-7-8-14-22/h2-6,9-12,22H,7-8,13-14H2,1H3. The molecular formula is C20H21NO2. The molecule has 0 spiro atoms. The monoisotopic (exact) mass is 307 g/mol. The minimum absolute atomic E-state index is 0.0696. The van der Waals surface area contributed by atoms with Crippen LogP contribution in [0.2, 0.25) is 0 Å². The Labute approximate surface area is 136 Å². The van der Waals surface area contributed by atoms with Crippen molar-refractivity contribution < 1.29 is 9.90 Å². The molecule has 0 atom stereocenters. The van der Waals surface area contributed by atoms with E-state index in [0.29, 0.717) is 5.56 Å². The van der Waals surface area contributed by atoms with Gasteiger partial charge in [-0.15, -0.1) is 0 Å². The van der Waals surface area contributed by atoms with Crippen LogP contribution in [-0.4, -0.2) is 22.1 Å². The molecule has 0 amide bonds. The van der Waals surface area contributed by atoms with E-state index in [2.05, 4.69) is 10.6 Å². The van der Waals surface area contributed by atoms with Gasteiger partial charge in [-0.05, 0) is 25.8 Å². The molecule has 0 unspecified atom stereocenters. The minimum atomic E-state index is 0.0696. The predicted molar refractivity (Wildman–Crippen MR) is 92.9 cm³/mol. The van der Waals surface area contributed by atoms with Crippen molar-refractivity contribution in [2.75, 3.05) is 6.61 Å². The third-order valence-corrected chi connectivity index (χ3v) is 4.28. The Morgan fingerprint density at radius 1 is 1.00 bits per heavy atom. The van der Waals surface area contributed by atoms with Crippen molar-refractivity contribution >= 4 is 16.7 Å². The number of carbonyl (C=O) groups excluding carboxylic acids is 1. The summed E-state index contributed by atoms with van der Waals surface area (Å²) in [7, 11) is 0. The molecule has 0 bridgehead atoms. The molecule has 3 rings (SSSR count). The first-order chi connectivity index (χ1) is 11.2. The minimum Gasteiger partial charge on any atom is -0.396 e. The van der Waals surface area contributed by atoms with E-state index < -0.39 is 0 Å². The lowest BCUT2D eigenvalue weighted by Gasteiger charge is -2.08. The van der Waals surface area contributed by atoms with Crippen LogP contribution >= 0.6 is 0 Å². The number of hydrogen-bond acceptors (Lipinski definition) is 2. The molecule has 0 fully saturated rings. The normalized spacial score (nSPS) is 11.0. The van der Waals surface area contributed by atoms with Gasteiger partial charge in [-0.2, -0.15) is 0 Å². The van der Waals surface area contributed by atoms with Crippen LogP contribution in [0.4, 0.5) is 0 Å². The fourth-order valence-corrected chi connectivity index (χ4v) is 3.12. The maximum Gasteiger partial charge on any atom is 0.195 e. The molecule has 0 saturated heterocycles. The van der Waals surface area contributed by atoms with Crippen LogP contribution in [0.5, 0.6) is 0 Å². The van der Waals surface area contributed by atoms with Gasteiger partial charge in [-0.3, -0.25) is 4.79 Å². The highest BCUT2D eigenvalue weighted by atomic mass is 16.2. The van der Waals surface area contributed by atoms with Crippen molar-refractivity contribution in [3.63, 3.8) is 0 Å². The zero-order valence-electron chi connectivity index (χ0n) is 13.3. The molecule has 2 aromatic carbocycles. The Hall–Kier alpha value is -2.39. The topological polar surface area (TPSA) is 42.2 Å². The number of fused-ring (bicyclic) bond motifs is 1. The van der Waals surface area contributed by atoms with E-state index in [1.54, 1.807) is 0 Å². The van der Waals surface area contributed by atoms with E-state index in [1.165, 1.54) is 0 Å². The molecule has 3 heteroatoms. The van der Waals surface area contributed by atoms with Crippen LogP contribution in [0.15, 0.2) is 54.6 Å². The van der Waals surface area contributed by atoms with Crippen LogP contribution in [-0.2, 0) is 6.54 Å². The number of carbonyl (C=O) groups is 1. The average molecular weight is 307 g/mol. The van der Waals surface area contributed by atoms with Crippen molar-refractivity contribution in [1.82, 2.24) is 4.57 Å². The van der Waals surface area contributed by atoms with Gasteiger partial charge in [0, 0.05) is 35.3 Å². The first-order valence-corrected chi connectivity index (χ1v) is 8.02. The number of aryl methyl sites for hydroxylation is 1. The SMILES string of the molecule is Cc1c(C(=O)c2ccccc2)c2ccccc2n1CCCCO. The molecule has 118 valence electrons. The fourth-order valence-electron chi connectivity index (χ4n) is 3.12. The maximum atomic E-state index is 13.0. The molecule has 0 saturated carbocycles. The first kappa shape index (κ1) is 15.5. The van der Waals surface area contributed by atoms with Gasteiger partial charge in [0.05, 0.1) is 5.56 Å². The molecule has 1 aromatic heterocycles. The molecule has 0 radical (unpaired) electrons. The summed E-state index contributed by atoms with van der Waals surface area (Å²) in [5, 5.41) is 10.0. The number of aliphatic hydroxyl groups is 1. The molecular weight excluding hydrogens is 286 g/mol. The molecule has 0 aliphatic rings. The number of para-hydroxylation sites is 1. The highest BCUT2D eigenvalue weighted by molar-refractivity contribution is 6.17. The largest absolute Gasteiger partial charge is 0.396 e. The Kier molecular flexibility index (Phi) is 4.58. The van der Waals surface area contributed by atoms with E-state index in [1.807, 2.05) is 55.5 Å². The van der Waals surface area contributed by atoms with Crippen LogP contribution in [0.1, 0.15) is 34.5 Å². The lowest BCUT2D eigenvalue weighted by atomic mass is 10.0. The third-order valence-electron chi connectivity index (χ3n) is 4.28. The predicted octanol–water partition coefficient (Wildman–Crippen LogP) is 3.95. The van der Waals surface area contributed by atoms with Crippen molar-refractivity contribution in [2.45, 2.75) is 26.3 Å². The Morgan fingerprint density at radius 2 is 1.70 bits per heavy atom. The lowest BCUT2D eigenvalue weighted by Crippen LogP contribution is -2.06. The third kappa shape index (κ3) is 2.92.